The van der Waals surface area contributed by atoms with Crippen LogP contribution in [0.1, 0.15) is 29.6 Å². The van der Waals surface area contributed by atoms with Gasteiger partial charge in [0, 0.05) is 36.2 Å². The maximum Gasteiger partial charge on any atom is 0.242 e. The highest BCUT2D eigenvalue weighted by Crippen LogP contribution is 2.48. The highest BCUT2D eigenvalue weighted by atomic mass is 79.9. The number of amides is 1. The SMILES string of the molecule is COCCCN1C(=O)C2NNC(c3ccccc3O)C2C1c1cccc(Br)c1. The Morgan fingerprint density at radius 2 is 1.93 bits per heavy atom. The van der Waals surface area contributed by atoms with Gasteiger partial charge in [-0.15, -0.1) is 0 Å². The Morgan fingerprint density at radius 3 is 2.68 bits per heavy atom. The summed E-state index contributed by atoms with van der Waals surface area (Å²) in [7, 11) is 1.67. The fraction of sp³-hybridized carbons (Fsp3) is 0.381. The molecular formula is C21H24BrN3O3. The number of benzene rings is 2. The first-order valence-corrected chi connectivity index (χ1v) is 10.2. The number of methoxy groups -OCH3 is 1. The lowest BCUT2D eigenvalue weighted by Crippen LogP contribution is -2.41. The van der Waals surface area contributed by atoms with Crippen molar-refractivity contribution in [3.8, 4) is 5.75 Å². The van der Waals surface area contributed by atoms with Gasteiger partial charge in [-0.1, -0.05) is 46.3 Å². The van der Waals surface area contributed by atoms with Crippen LogP contribution in [0.25, 0.3) is 0 Å². The highest BCUT2D eigenvalue weighted by molar-refractivity contribution is 9.10. The van der Waals surface area contributed by atoms with Gasteiger partial charge in [0.2, 0.25) is 5.91 Å². The molecule has 2 heterocycles. The number of halogens is 1. The third kappa shape index (κ3) is 3.43. The van der Waals surface area contributed by atoms with Gasteiger partial charge in [-0.25, -0.2) is 10.9 Å². The Kier molecular flexibility index (Phi) is 5.68. The Hall–Kier alpha value is -1.93. The van der Waals surface area contributed by atoms with Crippen molar-refractivity contribution in [3.63, 3.8) is 0 Å². The summed E-state index contributed by atoms with van der Waals surface area (Å²) in [6, 6.07) is 14.8. The number of para-hydroxylation sites is 1. The van der Waals surface area contributed by atoms with E-state index in [1.165, 1.54) is 0 Å². The molecule has 0 spiro atoms. The molecule has 2 aromatic carbocycles. The number of phenols is 1. The zero-order valence-corrected chi connectivity index (χ0v) is 17.2. The minimum atomic E-state index is -0.337. The average molecular weight is 446 g/mol. The van der Waals surface area contributed by atoms with Crippen LogP contribution in [0.5, 0.6) is 5.75 Å². The molecule has 0 bridgehead atoms. The van der Waals surface area contributed by atoms with Crippen molar-refractivity contribution in [2.24, 2.45) is 5.92 Å². The van der Waals surface area contributed by atoms with Crippen LogP contribution in [0.3, 0.4) is 0 Å². The van der Waals surface area contributed by atoms with E-state index in [4.69, 9.17) is 4.74 Å². The van der Waals surface area contributed by atoms with Gasteiger partial charge in [0.1, 0.15) is 11.8 Å². The van der Waals surface area contributed by atoms with Crippen molar-refractivity contribution in [3.05, 3.63) is 64.1 Å². The Balaban J connectivity index is 1.74. The summed E-state index contributed by atoms with van der Waals surface area (Å²) < 4.78 is 6.17. The fourth-order valence-electron chi connectivity index (χ4n) is 4.44. The summed E-state index contributed by atoms with van der Waals surface area (Å²) in [5.74, 6) is 0.273. The minimum Gasteiger partial charge on any atom is -0.508 e. The van der Waals surface area contributed by atoms with E-state index in [1.807, 2.05) is 29.2 Å². The van der Waals surface area contributed by atoms with E-state index in [0.717, 1.165) is 22.0 Å². The van der Waals surface area contributed by atoms with Crippen LogP contribution in [-0.2, 0) is 9.53 Å². The summed E-state index contributed by atoms with van der Waals surface area (Å²) in [5.41, 5.74) is 8.32. The first-order valence-electron chi connectivity index (χ1n) is 9.45. The molecule has 2 fully saturated rings. The van der Waals surface area contributed by atoms with Crippen LogP contribution in [0, 0.1) is 5.92 Å². The van der Waals surface area contributed by atoms with Crippen molar-refractivity contribution >= 4 is 21.8 Å². The molecule has 0 radical (unpaired) electrons. The number of carbonyl (C=O) groups is 1. The predicted molar refractivity (Wildman–Crippen MR) is 109 cm³/mol. The predicted octanol–water partition coefficient (Wildman–Crippen LogP) is 2.91. The zero-order chi connectivity index (χ0) is 19.7. The third-order valence-corrected chi connectivity index (χ3v) is 6.12. The van der Waals surface area contributed by atoms with Gasteiger partial charge in [-0.3, -0.25) is 4.79 Å². The number of nitrogens with zero attached hydrogens (tertiary/aromatic N) is 1. The van der Waals surface area contributed by atoms with E-state index in [1.54, 1.807) is 19.2 Å². The molecule has 0 aromatic heterocycles. The number of hydrogen-bond acceptors (Lipinski definition) is 5. The second-order valence-electron chi connectivity index (χ2n) is 7.26. The van der Waals surface area contributed by atoms with Gasteiger partial charge in [0.25, 0.3) is 0 Å². The quantitative estimate of drug-likeness (QED) is 0.596. The molecule has 1 amide bonds. The lowest BCUT2D eigenvalue weighted by Gasteiger charge is -2.31. The molecule has 2 aliphatic rings. The summed E-state index contributed by atoms with van der Waals surface area (Å²) >= 11 is 3.56. The molecule has 4 unspecified atom stereocenters. The number of hydrogen-bond donors (Lipinski definition) is 3. The largest absolute Gasteiger partial charge is 0.508 e. The van der Waals surface area contributed by atoms with Gasteiger partial charge >= 0.3 is 0 Å². The van der Waals surface area contributed by atoms with E-state index >= 15 is 0 Å². The van der Waals surface area contributed by atoms with E-state index in [2.05, 4.69) is 38.9 Å². The third-order valence-electron chi connectivity index (χ3n) is 5.62. The first kappa shape index (κ1) is 19.4. The first-order chi connectivity index (χ1) is 13.6. The Morgan fingerprint density at radius 1 is 1.14 bits per heavy atom. The number of likely N-dealkylation sites (tertiary alicyclic amines) is 1. The van der Waals surface area contributed by atoms with Gasteiger partial charge in [-0.05, 0) is 30.2 Å². The molecule has 4 rings (SSSR count). The van der Waals surface area contributed by atoms with Gasteiger partial charge in [0.05, 0.1) is 12.1 Å². The zero-order valence-electron chi connectivity index (χ0n) is 15.6. The lowest BCUT2D eigenvalue weighted by molar-refractivity contribution is -0.131. The summed E-state index contributed by atoms with van der Waals surface area (Å²) in [5, 5.41) is 10.4. The smallest absolute Gasteiger partial charge is 0.242 e. The van der Waals surface area contributed by atoms with Gasteiger partial charge < -0.3 is 14.7 Å². The van der Waals surface area contributed by atoms with Crippen molar-refractivity contribution in [1.82, 2.24) is 15.8 Å². The fourth-order valence-corrected chi connectivity index (χ4v) is 4.85. The van der Waals surface area contributed by atoms with E-state index in [-0.39, 0.29) is 35.7 Å². The van der Waals surface area contributed by atoms with Gasteiger partial charge in [0.15, 0.2) is 0 Å². The molecule has 2 aromatic rings. The molecular weight excluding hydrogens is 422 g/mol. The molecule has 0 saturated carbocycles. The molecule has 28 heavy (non-hydrogen) atoms. The number of carbonyl (C=O) groups excluding carboxylic acids is 1. The Labute approximate surface area is 173 Å². The number of hydrazine groups is 1. The molecule has 148 valence electrons. The number of fused-ring (bicyclic) bond motifs is 1. The lowest BCUT2D eigenvalue weighted by atomic mass is 9.83. The normalized spacial score (nSPS) is 26.6. The number of phenolic OH excluding ortho intramolecular Hbond substituents is 1. The summed E-state index contributed by atoms with van der Waals surface area (Å²) in [4.78, 5) is 15.2. The van der Waals surface area contributed by atoms with Crippen LogP contribution in [0.15, 0.2) is 53.0 Å². The number of ether oxygens (including phenoxy) is 1. The van der Waals surface area contributed by atoms with E-state index < -0.39 is 0 Å². The molecule has 7 heteroatoms. The molecule has 3 N–H and O–H groups in total. The van der Waals surface area contributed by atoms with E-state index in [0.29, 0.717) is 13.2 Å². The summed E-state index contributed by atoms with van der Waals surface area (Å²) in [6.45, 7) is 1.24. The summed E-state index contributed by atoms with van der Waals surface area (Å²) in [6.07, 6.45) is 0.779. The monoisotopic (exact) mass is 445 g/mol. The minimum absolute atomic E-state index is 0.0438. The van der Waals surface area contributed by atoms with Crippen molar-refractivity contribution in [1.29, 1.82) is 0 Å². The molecule has 0 aliphatic carbocycles. The van der Waals surface area contributed by atoms with Crippen LogP contribution < -0.4 is 10.9 Å². The van der Waals surface area contributed by atoms with E-state index in [9.17, 15) is 9.90 Å². The number of aromatic hydroxyl groups is 1. The van der Waals surface area contributed by atoms with Crippen LogP contribution in [0.4, 0.5) is 0 Å². The topological polar surface area (TPSA) is 73.8 Å². The molecule has 4 atom stereocenters. The molecule has 6 nitrogen and oxygen atoms in total. The van der Waals surface area contributed by atoms with Crippen molar-refractivity contribution < 1.29 is 14.6 Å². The van der Waals surface area contributed by atoms with Crippen molar-refractivity contribution in [2.75, 3.05) is 20.3 Å². The van der Waals surface area contributed by atoms with Crippen LogP contribution in [0.2, 0.25) is 0 Å². The standard InChI is InChI=1S/C21H24BrN3O3/c1-28-11-5-10-25-20(13-6-4-7-14(22)12-13)17-18(23-24-19(17)21(25)27)15-8-2-3-9-16(15)26/h2-4,6-9,12,17-20,23-24,26H,5,10-11H2,1H3. The number of nitrogens with one attached hydrogen (secondary N) is 2. The Bertz CT molecular complexity index is 862. The highest BCUT2D eigenvalue weighted by Gasteiger charge is 2.55. The molecule has 2 saturated heterocycles. The van der Waals surface area contributed by atoms with Gasteiger partial charge in [-0.2, -0.15) is 0 Å². The number of rotatable bonds is 6. The second kappa shape index (κ2) is 8.21. The maximum absolute atomic E-state index is 13.2. The maximum atomic E-state index is 13.2. The van der Waals surface area contributed by atoms with Crippen LogP contribution >= 0.6 is 15.9 Å². The van der Waals surface area contributed by atoms with Crippen molar-refractivity contribution in [2.45, 2.75) is 24.5 Å². The molecule has 2 aliphatic heterocycles. The second-order valence-corrected chi connectivity index (χ2v) is 8.17. The van der Waals surface area contributed by atoms with Crippen LogP contribution in [-0.4, -0.2) is 42.2 Å². The average Bonchev–Trinajstić information content (AvgIpc) is 3.22.